The highest BCUT2D eigenvalue weighted by molar-refractivity contribution is 7.92. The van der Waals surface area contributed by atoms with Crippen LogP contribution in [-0.2, 0) is 20.1 Å². The Kier molecular flexibility index (Phi) is 5.63. The van der Waals surface area contributed by atoms with Gasteiger partial charge in [-0.3, -0.25) is 4.72 Å². The maximum absolute atomic E-state index is 12.6. The second-order valence-electron chi connectivity index (χ2n) is 6.71. The molecule has 0 aliphatic carbocycles. The molecule has 0 radical (unpaired) electrons. The van der Waals surface area contributed by atoms with Gasteiger partial charge in [0.25, 0.3) is 10.0 Å². The number of sulfonamides is 1. The number of anilines is 1. The lowest BCUT2D eigenvalue weighted by atomic mass is 10.2. The van der Waals surface area contributed by atoms with Crippen molar-refractivity contribution in [3.05, 3.63) is 94.8 Å². The predicted octanol–water partition coefficient (Wildman–Crippen LogP) is 3.23. The standard InChI is InChI=1S/C22H14N2O7S2/c23-14-15-9-11-17(12-10-15)32(26,27)24-19-13-16-5-4-8-20(21(16)30-22(19)25)31-33(28,29)18-6-2-1-3-7-18/h1-13,24H. The van der Waals surface area contributed by atoms with Crippen LogP contribution in [0, 0.1) is 11.3 Å². The third kappa shape index (κ3) is 4.57. The number of nitriles is 1. The fourth-order valence-corrected chi connectivity index (χ4v) is 4.92. The molecule has 1 aromatic heterocycles. The Morgan fingerprint density at radius 2 is 1.55 bits per heavy atom. The minimum atomic E-state index is -4.19. The van der Waals surface area contributed by atoms with Crippen LogP contribution in [0.4, 0.5) is 5.69 Å². The molecule has 1 heterocycles. The van der Waals surface area contributed by atoms with Crippen molar-refractivity contribution < 1.29 is 25.4 Å². The highest BCUT2D eigenvalue weighted by Crippen LogP contribution is 2.29. The van der Waals surface area contributed by atoms with Crippen LogP contribution in [0.3, 0.4) is 0 Å². The van der Waals surface area contributed by atoms with E-state index in [4.69, 9.17) is 13.9 Å². The van der Waals surface area contributed by atoms with Gasteiger partial charge in [-0.25, -0.2) is 13.2 Å². The molecule has 11 heteroatoms. The normalized spacial score (nSPS) is 11.6. The molecule has 4 rings (SSSR count). The number of benzene rings is 3. The summed E-state index contributed by atoms with van der Waals surface area (Å²) in [5, 5.41) is 9.07. The Morgan fingerprint density at radius 3 is 2.21 bits per heavy atom. The van der Waals surface area contributed by atoms with Gasteiger partial charge in [-0.1, -0.05) is 30.3 Å². The zero-order chi connectivity index (χ0) is 23.6. The van der Waals surface area contributed by atoms with Crippen molar-refractivity contribution in [3.8, 4) is 11.8 Å². The molecule has 33 heavy (non-hydrogen) atoms. The molecule has 3 aromatic carbocycles. The lowest BCUT2D eigenvalue weighted by molar-refractivity contribution is 0.475. The van der Waals surface area contributed by atoms with E-state index in [1.165, 1.54) is 72.8 Å². The van der Waals surface area contributed by atoms with Gasteiger partial charge < -0.3 is 8.60 Å². The minimum absolute atomic E-state index is 0.0869. The van der Waals surface area contributed by atoms with Gasteiger partial charge in [-0.05, 0) is 48.5 Å². The lowest BCUT2D eigenvalue weighted by Gasteiger charge is -2.10. The van der Waals surface area contributed by atoms with Crippen molar-refractivity contribution in [2.75, 3.05) is 4.72 Å². The molecule has 0 unspecified atom stereocenters. The highest BCUT2D eigenvalue weighted by Gasteiger charge is 2.21. The van der Waals surface area contributed by atoms with Crippen LogP contribution >= 0.6 is 0 Å². The van der Waals surface area contributed by atoms with E-state index in [1.807, 2.05) is 6.07 Å². The maximum atomic E-state index is 12.6. The van der Waals surface area contributed by atoms with Crippen LogP contribution < -0.4 is 14.5 Å². The van der Waals surface area contributed by atoms with E-state index in [0.717, 1.165) is 0 Å². The highest BCUT2D eigenvalue weighted by atomic mass is 32.2. The van der Waals surface area contributed by atoms with Crippen LogP contribution in [-0.4, -0.2) is 16.8 Å². The van der Waals surface area contributed by atoms with Crippen molar-refractivity contribution in [2.24, 2.45) is 0 Å². The molecule has 0 fully saturated rings. The van der Waals surface area contributed by atoms with Crippen molar-refractivity contribution in [3.63, 3.8) is 0 Å². The van der Waals surface area contributed by atoms with E-state index in [9.17, 15) is 21.6 Å². The van der Waals surface area contributed by atoms with Crippen molar-refractivity contribution in [1.29, 1.82) is 5.26 Å². The molecule has 0 amide bonds. The van der Waals surface area contributed by atoms with Gasteiger partial charge in [-0.2, -0.15) is 13.7 Å². The van der Waals surface area contributed by atoms with Gasteiger partial charge in [0.1, 0.15) is 10.6 Å². The molecule has 0 atom stereocenters. The van der Waals surface area contributed by atoms with Gasteiger partial charge in [0.2, 0.25) is 0 Å². The van der Waals surface area contributed by atoms with E-state index in [1.54, 1.807) is 6.07 Å². The largest absolute Gasteiger partial charge is 0.417 e. The summed E-state index contributed by atoms with van der Waals surface area (Å²) < 4.78 is 62.8. The summed E-state index contributed by atoms with van der Waals surface area (Å²) in [5.74, 6) is -0.227. The third-order valence-electron chi connectivity index (χ3n) is 4.49. The first-order valence-electron chi connectivity index (χ1n) is 9.29. The van der Waals surface area contributed by atoms with E-state index in [0.29, 0.717) is 0 Å². The second-order valence-corrected chi connectivity index (χ2v) is 9.94. The first kappa shape index (κ1) is 22.1. The van der Waals surface area contributed by atoms with E-state index < -0.39 is 25.8 Å². The summed E-state index contributed by atoms with van der Waals surface area (Å²) in [4.78, 5) is 12.2. The Labute approximate surface area is 188 Å². The maximum Gasteiger partial charge on any atom is 0.360 e. The quantitative estimate of drug-likeness (QED) is 0.326. The summed E-state index contributed by atoms with van der Waals surface area (Å²) in [6, 6.07) is 19.9. The predicted molar refractivity (Wildman–Crippen MR) is 119 cm³/mol. The summed E-state index contributed by atoms with van der Waals surface area (Å²) in [6.45, 7) is 0. The van der Waals surface area contributed by atoms with Gasteiger partial charge in [0, 0.05) is 5.39 Å². The smallest absolute Gasteiger partial charge is 0.360 e. The third-order valence-corrected chi connectivity index (χ3v) is 7.12. The van der Waals surface area contributed by atoms with Crippen LogP contribution in [0.15, 0.2) is 97.9 Å². The van der Waals surface area contributed by atoms with Gasteiger partial charge >= 0.3 is 15.7 Å². The molecular formula is C22H14N2O7S2. The van der Waals surface area contributed by atoms with Crippen LogP contribution in [0.2, 0.25) is 0 Å². The molecule has 0 aliphatic heterocycles. The van der Waals surface area contributed by atoms with Crippen molar-refractivity contribution >= 4 is 36.8 Å². The number of hydrogen-bond acceptors (Lipinski definition) is 8. The molecule has 0 aliphatic rings. The van der Waals surface area contributed by atoms with Gasteiger partial charge in [0.05, 0.1) is 16.5 Å². The van der Waals surface area contributed by atoms with Crippen LogP contribution in [0.5, 0.6) is 5.75 Å². The second kappa shape index (κ2) is 8.42. The van der Waals surface area contributed by atoms with Crippen molar-refractivity contribution in [2.45, 2.75) is 9.79 Å². The molecule has 1 N–H and O–H groups in total. The molecule has 166 valence electrons. The molecule has 0 bridgehead atoms. The number of fused-ring (bicyclic) bond motifs is 1. The number of para-hydroxylation sites is 1. The van der Waals surface area contributed by atoms with E-state index in [2.05, 4.69) is 4.72 Å². The number of hydrogen-bond donors (Lipinski definition) is 1. The molecule has 0 saturated heterocycles. The Hall–Kier alpha value is -4.14. The zero-order valence-electron chi connectivity index (χ0n) is 16.6. The SMILES string of the molecule is N#Cc1ccc(S(=O)(=O)Nc2cc3cccc(OS(=O)(=O)c4ccccc4)c3oc2=O)cc1. The fraction of sp³-hybridized carbons (Fsp3) is 0. The molecule has 0 spiro atoms. The Bertz CT molecular complexity index is 1650. The number of nitrogens with one attached hydrogen (secondary N) is 1. The fourth-order valence-electron chi connectivity index (χ4n) is 2.92. The molecule has 9 nitrogen and oxygen atoms in total. The number of nitrogens with zero attached hydrogens (tertiary/aromatic N) is 1. The van der Waals surface area contributed by atoms with Gasteiger partial charge in [-0.15, -0.1) is 0 Å². The lowest BCUT2D eigenvalue weighted by Crippen LogP contribution is -2.18. The van der Waals surface area contributed by atoms with Crippen LogP contribution in [0.25, 0.3) is 11.0 Å². The van der Waals surface area contributed by atoms with Crippen molar-refractivity contribution in [1.82, 2.24) is 0 Å². The zero-order valence-corrected chi connectivity index (χ0v) is 18.3. The molecule has 4 aromatic rings. The summed E-state index contributed by atoms with van der Waals surface area (Å²) >= 11 is 0. The minimum Gasteiger partial charge on any atom is -0.417 e. The molecule has 0 saturated carbocycles. The Morgan fingerprint density at radius 1 is 0.848 bits per heavy atom. The summed E-state index contributed by atoms with van der Waals surface area (Å²) in [6.07, 6.45) is 0. The Balaban J connectivity index is 1.70. The summed E-state index contributed by atoms with van der Waals surface area (Å²) in [5.41, 5.74) is -1.32. The summed E-state index contributed by atoms with van der Waals surface area (Å²) in [7, 11) is -8.35. The van der Waals surface area contributed by atoms with Crippen LogP contribution in [0.1, 0.15) is 5.56 Å². The van der Waals surface area contributed by atoms with E-state index in [-0.39, 0.29) is 37.8 Å². The van der Waals surface area contributed by atoms with Gasteiger partial charge in [0.15, 0.2) is 11.3 Å². The average molecular weight is 482 g/mol. The van der Waals surface area contributed by atoms with E-state index >= 15 is 0 Å². The average Bonchev–Trinajstić information content (AvgIpc) is 2.80. The topological polar surface area (TPSA) is 144 Å². The molecular weight excluding hydrogens is 468 g/mol. The first-order valence-corrected chi connectivity index (χ1v) is 12.2. The number of rotatable bonds is 6. The first-order chi connectivity index (χ1) is 15.7. The monoisotopic (exact) mass is 482 g/mol.